The predicted octanol–water partition coefficient (Wildman–Crippen LogP) is 2.69. The zero-order chi connectivity index (χ0) is 5.54. The van der Waals surface area contributed by atoms with E-state index in [1.165, 1.54) is 35.5 Å². The molecule has 0 bridgehead atoms. The van der Waals surface area contributed by atoms with Gasteiger partial charge in [0.25, 0.3) is 0 Å². The fourth-order valence-electron chi connectivity index (χ4n) is 0.390. The molecule has 0 rings (SSSR count). The molecule has 0 N–H and O–H groups in total. The Morgan fingerprint density at radius 3 is 2.57 bits per heavy atom. The van der Waals surface area contributed by atoms with Crippen LogP contribution in [-0.2, 0) is 0 Å². The third kappa shape index (κ3) is 6.86. The van der Waals surface area contributed by atoms with Gasteiger partial charge in [0, 0.05) is 0 Å². The van der Waals surface area contributed by atoms with Crippen LogP contribution in [0.4, 0.5) is 0 Å². The number of rotatable bonds is 4. The average molecular weight is 136 g/mol. The summed E-state index contributed by atoms with van der Waals surface area (Å²) < 4.78 is 0. The van der Waals surface area contributed by atoms with Gasteiger partial charge < -0.3 is 0 Å². The van der Waals surface area contributed by atoms with Crippen molar-refractivity contribution in [3.8, 4) is 0 Å². The van der Waals surface area contributed by atoms with E-state index in [0.717, 1.165) is 0 Å². The Morgan fingerprint density at radius 2 is 2.14 bits per heavy atom. The Bertz CT molecular complexity index is 25.3. The van der Waals surface area contributed by atoms with Crippen molar-refractivity contribution < 1.29 is 0 Å². The number of hydrogen-bond acceptors (Lipinski definition) is 0. The standard InChI is InChI=1S/C5H14P2/c1-3-4-5-7-6-2/h6-7H,3-5H2,1-2H3. The minimum absolute atomic E-state index is 1.20. The quantitative estimate of drug-likeness (QED) is 0.411. The molecule has 0 saturated carbocycles. The van der Waals surface area contributed by atoms with E-state index in [0.29, 0.717) is 0 Å². The van der Waals surface area contributed by atoms with Gasteiger partial charge in [0.15, 0.2) is 0 Å². The molecule has 0 nitrogen and oxygen atoms in total. The summed E-state index contributed by atoms with van der Waals surface area (Å²) in [7, 11) is 2.44. The Labute approximate surface area is 49.9 Å². The molecule has 0 spiro atoms. The lowest BCUT2D eigenvalue weighted by molar-refractivity contribution is 0.896. The summed E-state index contributed by atoms with van der Waals surface area (Å²) in [6.45, 7) is 4.54. The van der Waals surface area contributed by atoms with Crippen LogP contribution in [0.1, 0.15) is 19.8 Å². The molecule has 0 radical (unpaired) electrons. The Hall–Kier alpha value is 0.860. The van der Waals surface area contributed by atoms with E-state index >= 15 is 0 Å². The van der Waals surface area contributed by atoms with Gasteiger partial charge in [-0.3, -0.25) is 0 Å². The van der Waals surface area contributed by atoms with Gasteiger partial charge in [-0.1, -0.05) is 21.6 Å². The van der Waals surface area contributed by atoms with Crippen LogP contribution in [0.5, 0.6) is 0 Å². The lowest BCUT2D eigenvalue weighted by Crippen LogP contribution is -1.67. The largest absolute Gasteiger partial charge is 0.102 e. The molecule has 0 aliphatic carbocycles. The molecule has 0 heterocycles. The molecule has 0 aliphatic heterocycles. The van der Waals surface area contributed by atoms with Crippen molar-refractivity contribution in [1.82, 2.24) is 0 Å². The molecule has 2 atom stereocenters. The highest BCUT2D eigenvalue weighted by atomic mass is 32.0. The van der Waals surface area contributed by atoms with Crippen molar-refractivity contribution in [2.45, 2.75) is 19.8 Å². The Morgan fingerprint density at radius 1 is 1.43 bits per heavy atom. The lowest BCUT2D eigenvalue weighted by Gasteiger charge is -1.91. The fraction of sp³-hybridized carbons (Fsp3) is 1.00. The van der Waals surface area contributed by atoms with E-state index in [2.05, 4.69) is 13.6 Å². The topological polar surface area (TPSA) is 0 Å². The van der Waals surface area contributed by atoms with E-state index in [1.54, 1.807) is 0 Å². The van der Waals surface area contributed by atoms with Crippen molar-refractivity contribution in [3.05, 3.63) is 0 Å². The van der Waals surface area contributed by atoms with E-state index in [9.17, 15) is 0 Å². The fourth-order valence-corrected chi connectivity index (χ4v) is 2.45. The monoisotopic (exact) mass is 136 g/mol. The minimum atomic E-state index is 1.20. The molecule has 2 heteroatoms. The first-order chi connectivity index (χ1) is 3.41. The van der Waals surface area contributed by atoms with E-state index in [4.69, 9.17) is 0 Å². The van der Waals surface area contributed by atoms with Gasteiger partial charge >= 0.3 is 0 Å². The molecule has 2 unspecified atom stereocenters. The first-order valence-electron chi connectivity index (χ1n) is 2.81. The lowest BCUT2D eigenvalue weighted by atomic mass is 10.4. The second-order valence-electron chi connectivity index (χ2n) is 1.53. The first-order valence-corrected chi connectivity index (χ1v) is 6.52. The summed E-state index contributed by atoms with van der Waals surface area (Å²) in [5.41, 5.74) is 0. The third-order valence-corrected chi connectivity index (χ3v) is 3.60. The zero-order valence-corrected chi connectivity index (χ0v) is 7.12. The summed E-state index contributed by atoms with van der Waals surface area (Å²) >= 11 is 0. The van der Waals surface area contributed by atoms with Gasteiger partial charge in [-0.05, 0) is 19.2 Å². The number of hydrogen-bond donors (Lipinski definition) is 0. The van der Waals surface area contributed by atoms with Gasteiger partial charge in [-0.15, -0.1) is 8.27 Å². The SMILES string of the molecule is CCCCPPC. The van der Waals surface area contributed by atoms with Crippen LogP contribution in [0.2, 0.25) is 0 Å². The molecule has 44 valence electrons. The predicted molar refractivity (Wildman–Crippen MR) is 42.3 cm³/mol. The van der Waals surface area contributed by atoms with Gasteiger partial charge in [0.1, 0.15) is 0 Å². The van der Waals surface area contributed by atoms with Crippen LogP contribution in [0.15, 0.2) is 0 Å². The van der Waals surface area contributed by atoms with E-state index < -0.39 is 0 Å². The summed E-state index contributed by atoms with van der Waals surface area (Å²) in [4.78, 5) is 0. The molecule has 0 amide bonds. The van der Waals surface area contributed by atoms with Gasteiger partial charge in [-0.2, -0.15) is 0 Å². The zero-order valence-electron chi connectivity index (χ0n) is 5.12. The van der Waals surface area contributed by atoms with Gasteiger partial charge in [0.05, 0.1) is 0 Å². The van der Waals surface area contributed by atoms with Crippen molar-refractivity contribution in [3.63, 3.8) is 0 Å². The Kier molecular flexibility index (Phi) is 7.70. The molecular weight excluding hydrogens is 122 g/mol. The minimum Gasteiger partial charge on any atom is -0.102 e. The molecule has 0 saturated heterocycles. The normalized spacial score (nSPS) is 12.9. The summed E-state index contributed by atoms with van der Waals surface area (Å²) in [5, 5.41) is 0. The highest BCUT2D eigenvalue weighted by Crippen LogP contribution is 2.33. The second-order valence-corrected chi connectivity index (χ2v) is 5.44. The summed E-state index contributed by atoms with van der Waals surface area (Å²) in [6, 6.07) is 0. The highest BCUT2D eigenvalue weighted by Gasteiger charge is 1.79. The molecule has 7 heavy (non-hydrogen) atoms. The molecule has 0 aromatic carbocycles. The van der Waals surface area contributed by atoms with Crippen molar-refractivity contribution in [2.24, 2.45) is 0 Å². The van der Waals surface area contributed by atoms with Crippen molar-refractivity contribution >= 4 is 16.5 Å². The van der Waals surface area contributed by atoms with Crippen LogP contribution in [-0.4, -0.2) is 12.8 Å². The maximum absolute atomic E-state index is 2.29. The van der Waals surface area contributed by atoms with E-state index in [-0.39, 0.29) is 0 Å². The maximum atomic E-state index is 2.29. The van der Waals surface area contributed by atoms with E-state index in [1.807, 2.05) is 0 Å². The van der Waals surface area contributed by atoms with Crippen LogP contribution in [0.3, 0.4) is 0 Å². The van der Waals surface area contributed by atoms with Crippen molar-refractivity contribution in [1.29, 1.82) is 0 Å². The molecule has 0 aromatic heterocycles. The smallest absolute Gasteiger partial charge is 0.0317 e. The van der Waals surface area contributed by atoms with Crippen LogP contribution in [0, 0.1) is 0 Å². The molecule has 0 fully saturated rings. The molecule has 0 aliphatic rings. The first kappa shape index (κ1) is 7.86. The van der Waals surface area contributed by atoms with Crippen LogP contribution < -0.4 is 0 Å². The molecular formula is C5H14P2. The maximum Gasteiger partial charge on any atom is -0.0317 e. The van der Waals surface area contributed by atoms with Crippen molar-refractivity contribution in [2.75, 3.05) is 12.8 Å². The summed E-state index contributed by atoms with van der Waals surface area (Å²) in [5.74, 6) is 0. The Balaban J connectivity index is 2.45. The molecule has 0 aromatic rings. The second kappa shape index (κ2) is 6.86. The average Bonchev–Trinajstić information content (AvgIpc) is 1.69. The van der Waals surface area contributed by atoms with Crippen LogP contribution in [0.25, 0.3) is 0 Å². The van der Waals surface area contributed by atoms with Gasteiger partial charge in [-0.25, -0.2) is 0 Å². The van der Waals surface area contributed by atoms with Gasteiger partial charge in [0.2, 0.25) is 0 Å². The third-order valence-electron chi connectivity index (χ3n) is 0.832. The van der Waals surface area contributed by atoms with Crippen LogP contribution >= 0.6 is 16.5 Å². The number of unbranched alkanes of at least 4 members (excludes halogenated alkanes) is 1. The summed E-state index contributed by atoms with van der Waals surface area (Å²) in [6.07, 6.45) is 4.29. The highest BCUT2D eigenvalue weighted by molar-refractivity contribution is 8.11.